The van der Waals surface area contributed by atoms with Crippen molar-refractivity contribution >= 4 is 0 Å². The fourth-order valence-corrected chi connectivity index (χ4v) is 3.34. The first-order valence-corrected chi connectivity index (χ1v) is 7.32. The lowest BCUT2D eigenvalue weighted by Gasteiger charge is -2.26. The van der Waals surface area contributed by atoms with Crippen molar-refractivity contribution in [1.82, 2.24) is 10.2 Å². The third kappa shape index (κ3) is 3.67. The molecule has 3 nitrogen and oxygen atoms in total. The molecule has 1 N–H and O–H groups in total. The van der Waals surface area contributed by atoms with Crippen LogP contribution in [0.2, 0.25) is 0 Å². The van der Waals surface area contributed by atoms with Gasteiger partial charge in [-0.05, 0) is 38.1 Å². The van der Waals surface area contributed by atoms with Crippen LogP contribution in [0.3, 0.4) is 0 Å². The first-order chi connectivity index (χ1) is 8.33. The highest BCUT2D eigenvalue weighted by molar-refractivity contribution is 4.87. The molecule has 0 aromatic carbocycles. The molecule has 0 aromatic rings. The molecular formula is C14H28N2O. The van der Waals surface area contributed by atoms with Gasteiger partial charge in [-0.25, -0.2) is 0 Å². The number of hydrogen-bond donors (Lipinski definition) is 1. The smallest absolute Gasteiger partial charge is 0.0710 e. The van der Waals surface area contributed by atoms with Crippen molar-refractivity contribution in [2.45, 2.75) is 51.2 Å². The van der Waals surface area contributed by atoms with Gasteiger partial charge in [0.2, 0.25) is 0 Å². The second-order valence-corrected chi connectivity index (χ2v) is 5.66. The molecule has 1 aliphatic carbocycles. The second kappa shape index (κ2) is 6.72. The predicted molar refractivity (Wildman–Crippen MR) is 71.3 cm³/mol. The van der Waals surface area contributed by atoms with E-state index in [0.29, 0.717) is 6.10 Å². The highest BCUT2D eigenvalue weighted by atomic mass is 16.5. The minimum Gasteiger partial charge on any atom is -0.380 e. The summed E-state index contributed by atoms with van der Waals surface area (Å²) in [5, 5.41) is 3.72. The van der Waals surface area contributed by atoms with Crippen LogP contribution in [0.15, 0.2) is 0 Å². The summed E-state index contributed by atoms with van der Waals surface area (Å²) >= 11 is 0. The number of likely N-dealkylation sites (tertiary alicyclic amines) is 1. The van der Waals surface area contributed by atoms with E-state index in [1.165, 1.54) is 51.7 Å². The third-order valence-electron chi connectivity index (χ3n) is 4.37. The molecular weight excluding hydrogens is 212 g/mol. The molecule has 2 aliphatic rings. The molecule has 0 spiro atoms. The minimum atomic E-state index is 0.485. The van der Waals surface area contributed by atoms with Gasteiger partial charge in [-0.2, -0.15) is 0 Å². The van der Waals surface area contributed by atoms with Crippen LogP contribution in [0.5, 0.6) is 0 Å². The van der Waals surface area contributed by atoms with Gasteiger partial charge in [-0.15, -0.1) is 0 Å². The number of methoxy groups -OCH3 is 1. The van der Waals surface area contributed by atoms with Gasteiger partial charge in [0.15, 0.2) is 0 Å². The molecule has 1 heterocycles. The van der Waals surface area contributed by atoms with Crippen LogP contribution in [-0.4, -0.2) is 50.3 Å². The molecule has 2 fully saturated rings. The van der Waals surface area contributed by atoms with Gasteiger partial charge in [0.1, 0.15) is 0 Å². The minimum absolute atomic E-state index is 0.485. The van der Waals surface area contributed by atoms with Crippen LogP contribution < -0.4 is 5.32 Å². The molecule has 3 atom stereocenters. The van der Waals surface area contributed by atoms with E-state index in [-0.39, 0.29) is 0 Å². The number of nitrogens with zero attached hydrogens (tertiary/aromatic N) is 1. The van der Waals surface area contributed by atoms with E-state index in [1.807, 2.05) is 7.11 Å². The molecule has 0 radical (unpaired) electrons. The van der Waals surface area contributed by atoms with Crippen LogP contribution in [0.1, 0.15) is 39.0 Å². The van der Waals surface area contributed by atoms with Crippen molar-refractivity contribution < 1.29 is 4.74 Å². The molecule has 3 unspecified atom stereocenters. The van der Waals surface area contributed by atoms with E-state index in [0.717, 1.165) is 18.5 Å². The second-order valence-electron chi connectivity index (χ2n) is 5.66. The zero-order valence-corrected chi connectivity index (χ0v) is 11.5. The van der Waals surface area contributed by atoms with Gasteiger partial charge in [0.25, 0.3) is 0 Å². The Kier molecular flexibility index (Phi) is 5.26. The van der Waals surface area contributed by atoms with Crippen molar-refractivity contribution in [3.63, 3.8) is 0 Å². The molecule has 0 amide bonds. The van der Waals surface area contributed by atoms with Crippen molar-refractivity contribution in [2.75, 3.05) is 33.3 Å². The fourth-order valence-electron chi connectivity index (χ4n) is 3.34. The molecule has 1 aliphatic heterocycles. The Bertz CT molecular complexity index is 222. The number of hydrogen-bond acceptors (Lipinski definition) is 3. The van der Waals surface area contributed by atoms with Gasteiger partial charge in [0.05, 0.1) is 6.10 Å². The monoisotopic (exact) mass is 240 g/mol. The molecule has 17 heavy (non-hydrogen) atoms. The van der Waals surface area contributed by atoms with Gasteiger partial charge >= 0.3 is 0 Å². The maximum absolute atomic E-state index is 5.44. The average molecular weight is 240 g/mol. The number of ether oxygens (including phenoxy) is 1. The summed E-state index contributed by atoms with van der Waals surface area (Å²) < 4.78 is 5.44. The van der Waals surface area contributed by atoms with Gasteiger partial charge in [-0.1, -0.05) is 13.3 Å². The Balaban J connectivity index is 1.74. The quantitative estimate of drug-likeness (QED) is 0.767. The van der Waals surface area contributed by atoms with Crippen LogP contribution in [0.25, 0.3) is 0 Å². The Morgan fingerprint density at radius 2 is 2.18 bits per heavy atom. The standard InChI is InChI=1S/C14H28N2O/c1-3-8-15-14-6-4-5-12(14)10-16-9-7-13(11-16)17-2/h12-15H,3-11H2,1-2H3. The molecule has 100 valence electrons. The van der Waals surface area contributed by atoms with Crippen molar-refractivity contribution in [3.05, 3.63) is 0 Å². The topological polar surface area (TPSA) is 24.5 Å². The summed E-state index contributed by atoms with van der Waals surface area (Å²) in [7, 11) is 1.84. The summed E-state index contributed by atoms with van der Waals surface area (Å²) in [5.74, 6) is 0.872. The molecule has 2 rings (SSSR count). The van der Waals surface area contributed by atoms with Gasteiger partial charge in [-0.3, -0.25) is 0 Å². The van der Waals surface area contributed by atoms with E-state index in [9.17, 15) is 0 Å². The van der Waals surface area contributed by atoms with E-state index in [4.69, 9.17) is 4.74 Å². The maximum Gasteiger partial charge on any atom is 0.0710 e. The van der Waals surface area contributed by atoms with E-state index >= 15 is 0 Å². The first kappa shape index (κ1) is 13.3. The average Bonchev–Trinajstić information content (AvgIpc) is 2.96. The predicted octanol–water partition coefficient (Wildman–Crippen LogP) is 1.88. The molecule has 0 bridgehead atoms. The molecule has 1 saturated heterocycles. The van der Waals surface area contributed by atoms with Crippen molar-refractivity contribution in [2.24, 2.45) is 5.92 Å². The summed E-state index contributed by atoms with van der Waals surface area (Å²) in [6.07, 6.45) is 7.16. The van der Waals surface area contributed by atoms with E-state index in [1.54, 1.807) is 0 Å². The van der Waals surface area contributed by atoms with Crippen LogP contribution in [0, 0.1) is 5.92 Å². The Morgan fingerprint density at radius 1 is 1.29 bits per heavy atom. The third-order valence-corrected chi connectivity index (χ3v) is 4.37. The largest absolute Gasteiger partial charge is 0.380 e. The molecule has 0 aromatic heterocycles. The molecule has 1 saturated carbocycles. The van der Waals surface area contributed by atoms with Crippen molar-refractivity contribution in [1.29, 1.82) is 0 Å². The SMILES string of the molecule is CCCNC1CCCC1CN1CCC(OC)C1. The number of rotatable bonds is 6. The Morgan fingerprint density at radius 3 is 2.88 bits per heavy atom. The summed E-state index contributed by atoms with van der Waals surface area (Å²) in [5.41, 5.74) is 0. The normalized spacial score (nSPS) is 34.6. The maximum atomic E-state index is 5.44. The van der Waals surface area contributed by atoms with E-state index < -0.39 is 0 Å². The Labute approximate surface area is 106 Å². The fraction of sp³-hybridized carbons (Fsp3) is 1.00. The Hall–Kier alpha value is -0.120. The highest BCUT2D eigenvalue weighted by Gasteiger charge is 2.31. The molecule has 3 heteroatoms. The zero-order valence-electron chi connectivity index (χ0n) is 11.5. The first-order valence-electron chi connectivity index (χ1n) is 7.32. The lowest BCUT2D eigenvalue weighted by atomic mass is 10.0. The summed E-state index contributed by atoms with van der Waals surface area (Å²) in [4.78, 5) is 2.60. The van der Waals surface area contributed by atoms with E-state index in [2.05, 4.69) is 17.1 Å². The lowest BCUT2D eigenvalue weighted by molar-refractivity contribution is 0.105. The summed E-state index contributed by atoms with van der Waals surface area (Å²) in [6, 6.07) is 0.775. The highest BCUT2D eigenvalue weighted by Crippen LogP contribution is 2.27. The summed E-state index contributed by atoms with van der Waals surface area (Å²) in [6.45, 7) is 7.09. The zero-order chi connectivity index (χ0) is 12.1. The van der Waals surface area contributed by atoms with Gasteiger partial charge < -0.3 is 15.0 Å². The lowest BCUT2D eigenvalue weighted by Crippen LogP contribution is -2.39. The van der Waals surface area contributed by atoms with Crippen LogP contribution in [-0.2, 0) is 4.74 Å². The van der Waals surface area contributed by atoms with Crippen LogP contribution >= 0.6 is 0 Å². The van der Waals surface area contributed by atoms with Crippen molar-refractivity contribution in [3.8, 4) is 0 Å². The van der Waals surface area contributed by atoms with Crippen LogP contribution in [0.4, 0.5) is 0 Å². The van der Waals surface area contributed by atoms with Gasteiger partial charge in [0, 0.05) is 32.8 Å². The number of nitrogens with one attached hydrogen (secondary N) is 1.